The Kier molecular flexibility index (Phi) is 3.86. The molecular weight excluding hydrogens is 330 g/mol. The zero-order chi connectivity index (χ0) is 18.5. The van der Waals surface area contributed by atoms with Gasteiger partial charge >= 0.3 is 0 Å². The molecule has 1 aromatic carbocycles. The molecule has 2 aromatic rings. The third-order valence-corrected chi connectivity index (χ3v) is 5.27. The summed E-state index contributed by atoms with van der Waals surface area (Å²) in [4.78, 5) is 33.7. The first kappa shape index (κ1) is 16.8. The lowest BCUT2D eigenvalue weighted by molar-refractivity contribution is -0.144. The third kappa shape index (κ3) is 2.69. The first-order chi connectivity index (χ1) is 12.4. The third-order valence-electron chi connectivity index (χ3n) is 5.27. The Morgan fingerprint density at radius 1 is 1.19 bits per heavy atom. The van der Waals surface area contributed by atoms with Crippen molar-refractivity contribution in [1.82, 2.24) is 14.8 Å². The molecule has 0 atom stereocenters. The second-order valence-corrected chi connectivity index (χ2v) is 7.61. The van der Waals surface area contributed by atoms with Crippen molar-refractivity contribution in [2.24, 2.45) is 0 Å². The molecule has 0 radical (unpaired) electrons. The molecular formula is C20H23N3O3. The molecule has 4 rings (SSSR count). The van der Waals surface area contributed by atoms with E-state index in [2.05, 4.69) is 4.98 Å². The van der Waals surface area contributed by atoms with Gasteiger partial charge in [0.25, 0.3) is 5.91 Å². The molecule has 2 heterocycles. The molecule has 0 spiro atoms. The summed E-state index contributed by atoms with van der Waals surface area (Å²) in [5.74, 6) is 1.11. The lowest BCUT2D eigenvalue weighted by Gasteiger charge is -2.44. The molecule has 6 nitrogen and oxygen atoms in total. The SMILES string of the molecule is CN1CCN(C(=O)c2nc(-c3ccccc3)oc2C2CC2)C(C)(C)C1=O. The fraction of sp³-hybridized carbons (Fsp3) is 0.450. The Bertz CT molecular complexity index is 852. The van der Waals surface area contributed by atoms with Gasteiger partial charge < -0.3 is 14.2 Å². The average molecular weight is 353 g/mol. The summed E-state index contributed by atoms with van der Waals surface area (Å²) < 4.78 is 6.00. The van der Waals surface area contributed by atoms with Gasteiger partial charge in [-0.15, -0.1) is 0 Å². The van der Waals surface area contributed by atoms with Crippen molar-refractivity contribution >= 4 is 11.8 Å². The van der Waals surface area contributed by atoms with Gasteiger partial charge in [-0.1, -0.05) is 18.2 Å². The molecule has 2 amide bonds. The van der Waals surface area contributed by atoms with Gasteiger partial charge in [-0.2, -0.15) is 0 Å². The molecule has 1 aliphatic carbocycles. The van der Waals surface area contributed by atoms with Crippen LogP contribution in [-0.2, 0) is 4.79 Å². The number of carbonyl (C=O) groups is 2. The maximum Gasteiger partial charge on any atom is 0.277 e. The Morgan fingerprint density at radius 2 is 1.88 bits per heavy atom. The lowest BCUT2D eigenvalue weighted by atomic mass is 9.97. The highest BCUT2D eigenvalue weighted by atomic mass is 16.4. The highest BCUT2D eigenvalue weighted by Crippen LogP contribution is 2.43. The van der Waals surface area contributed by atoms with Crippen LogP contribution in [-0.4, -0.2) is 52.3 Å². The van der Waals surface area contributed by atoms with Crippen LogP contribution in [0.25, 0.3) is 11.5 Å². The smallest absolute Gasteiger partial charge is 0.277 e. The Labute approximate surface area is 152 Å². The molecule has 2 fully saturated rings. The van der Waals surface area contributed by atoms with Crippen molar-refractivity contribution in [3.63, 3.8) is 0 Å². The number of hydrogen-bond acceptors (Lipinski definition) is 4. The second kappa shape index (κ2) is 5.97. The first-order valence-electron chi connectivity index (χ1n) is 9.03. The second-order valence-electron chi connectivity index (χ2n) is 7.61. The van der Waals surface area contributed by atoms with Crippen LogP contribution in [0.15, 0.2) is 34.7 Å². The van der Waals surface area contributed by atoms with E-state index in [9.17, 15) is 9.59 Å². The molecule has 1 saturated carbocycles. The van der Waals surface area contributed by atoms with Crippen molar-refractivity contribution in [2.45, 2.75) is 38.1 Å². The molecule has 26 heavy (non-hydrogen) atoms. The summed E-state index contributed by atoms with van der Waals surface area (Å²) >= 11 is 0. The van der Waals surface area contributed by atoms with E-state index in [1.165, 1.54) is 0 Å². The number of carbonyl (C=O) groups excluding carboxylic acids is 2. The monoisotopic (exact) mass is 353 g/mol. The van der Waals surface area contributed by atoms with Gasteiger partial charge in [-0.3, -0.25) is 9.59 Å². The topological polar surface area (TPSA) is 66.7 Å². The molecule has 0 unspecified atom stereocenters. The van der Waals surface area contributed by atoms with Gasteiger partial charge in [0.15, 0.2) is 5.69 Å². The number of likely N-dealkylation sites (N-methyl/N-ethyl adjacent to an activating group) is 1. The normalized spacial score (nSPS) is 19.7. The van der Waals surface area contributed by atoms with Gasteiger partial charge in [-0.05, 0) is 38.8 Å². The van der Waals surface area contributed by atoms with Gasteiger partial charge in [0, 0.05) is 31.6 Å². The summed E-state index contributed by atoms with van der Waals surface area (Å²) in [7, 11) is 1.77. The van der Waals surface area contributed by atoms with Crippen molar-refractivity contribution < 1.29 is 14.0 Å². The zero-order valence-electron chi connectivity index (χ0n) is 15.4. The number of amides is 2. The number of benzene rings is 1. The molecule has 2 aliphatic rings. The minimum atomic E-state index is -0.892. The summed E-state index contributed by atoms with van der Waals surface area (Å²) in [6, 6.07) is 9.60. The lowest BCUT2D eigenvalue weighted by Crippen LogP contribution is -2.63. The van der Waals surface area contributed by atoms with E-state index in [0.717, 1.165) is 18.4 Å². The Hall–Kier alpha value is -2.63. The van der Waals surface area contributed by atoms with Gasteiger partial charge in [0.2, 0.25) is 11.8 Å². The van der Waals surface area contributed by atoms with Crippen molar-refractivity contribution in [1.29, 1.82) is 0 Å². The van der Waals surface area contributed by atoms with Gasteiger partial charge in [-0.25, -0.2) is 4.98 Å². The van der Waals surface area contributed by atoms with Crippen molar-refractivity contribution in [3.05, 3.63) is 41.8 Å². The highest BCUT2D eigenvalue weighted by molar-refractivity contribution is 5.99. The predicted molar refractivity (Wildman–Crippen MR) is 96.7 cm³/mol. The minimum Gasteiger partial charge on any atom is -0.440 e. The number of aromatic nitrogens is 1. The van der Waals surface area contributed by atoms with E-state index in [4.69, 9.17) is 4.42 Å². The Balaban J connectivity index is 1.72. The summed E-state index contributed by atoms with van der Waals surface area (Å²) in [6.45, 7) is 4.59. The molecule has 6 heteroatoms. The van der Waals surface area contributed by atoms with Crippen molar-refractivity contribution in [2.75, 3.05) is 20.1 Å². The summed E-state index contributed by atoms with van der Waals surface area (Å²) in [5.41, 5.74) is 0.315. The molecule has 0 N–H and O–H groups in total. The first-order valence-corrected chi connectivity index (χ1v) is 9.03. The largest absolute Gasteiger partial charge is 0.440 e. The van der Waals surface area contributed by atoms with Crippen LogP contribution in [0.5, 0.6) is 0 Å². The Morgan fingerprint density at radius 3 is 2.54 bits per heavy atom. The molecule has 1 aromatic heterocycles. The van der Waals surface area contributed by atoms with E-state index < -0.39 is 5.54 Å². The van der Waals surface area contributed by atoms with Crippen LogP contribution in [0.4, 0.5) is 0 Å². The average Bonchev–Trinajstić information content (AvgIpc) is 3.38. The van der Waals surface area contributed by atoms with Crippen LogP contribution in [0.3, 0.4) is 0 Å². The molecule has 1 saturated heterocycles. The van der Waals surface area contributed by atoms with E-state index in [0.29, 0.717) is 30.4 Å². The molecule has 1 aliphatic heterocycles. The van der Waals surface area contributed by atoms with Crippen molar-refractivity contribution in [3.8, 4) is 11.5 Å². The fourth-order valence-corrected chi connectivity index (χ4v) is 3.51. The zero-order valence-corrected chi connectivity index (χ0v) is 15.4. The fourth-order valence-electron chi connectivity index (χ4n) is 3.51. The standard InChI is InChI=1S/C20H23N3O3/c1-20(2)19(25)22(3)11-12-23(20)18(24)15-16(13-9-10-13)26-17(21-15)14-7-5-4-6-8-14/h4-8,13H,9-12H2,1-3H3. The number of rotatable bonds is 3. The maximum atomic E-state index is 13.3. The van der Waals surface area contributed by atoms with Crippen LogP contribution < -0.4 is 0 Å². The van der Waals surface area contributed by atoms with Crippen LogP contribution in [0, 0.1) is 0 Å². The molecule has 136 valence electrons. The summed E-state index contributed by atoms with van der Waals surface area (Å²) in [6.07, 6.45) is 2.02. The highest BCUT2D eigenvalue weighted by Gasteiger charge is 2.45. The summed E-state index contributed by atoms with van der Waals surface area (Å²) in [5, 5.41) is 0. The molecule has 0 bridgehead atoms. The minimum absolute atomic E-state index is 0.0585. The number of oxazole rings is 1. The number of piperazine rings is 1. The van der Waals surface area contributed by atoms with E-state index in [1.807, 2.05) is 30.3 Å². The van der Waals surface area contributed by atoms with E-state index >= 15 is 0 Å². The van der Waals surface area contributed by atoms with Gasteiger partial charge in [0.1, 0.15) is 11.3 Å². The van der Waals surface area contributed by atoms with E-state index in [-0.39, 0.29) is 17.7 Å². The van der Waals surface area contributed by atoms with Crippen LogP contribution in [0.1, 0.15) is 48.9 Å². The number of hydrogen-bond donors (Lipinski definition) is 0. The van der Waals surface area contributed by atoms with E-state index in [1.54, 1.807) is 30.7 Å². The maximum absolute atomic E-state index is 13.3. The predicted octanol–water partition coefficient (Wildman–Crippen LogP) is 2.91. The number of nitrogens with zero attached hydrogens (tertiary/aromatic N) is 3. The van der Waals surface area contributed by atoms with Crippen LogP contribution >= 0.6 is 0 Å². The van der Waals surface area contributed by atoms with Gasteiger partial charge in [0.05, 0.1) is 0 Å². The quantitative estimate of drug-likeness (QED) is 0.851. The van der Waals surface area contributed by atoms with Crippen LogP contribution in [0.2, 0.25) is 0 Å².